The van der Waals surface area contributed by atoms with Gasteiger partial charge in [-0.3, -0.25) is 15.2 Å². The summed E-state index contributed by atoms with van der Waals surface area (Å²) in [6, 6.07) is 4.51. The van der Waals surface area contributed by atoms with Gasteiger partial charge in [0.1, 0.15) is 18.8 Å². The van der Waals surface area contributed by atoms with E-state index in [0.29, 0.717) is 36.0 Å². The number of hydrogen-bond donors (Lipinski definition) is 3. The fraction of sp³-hybridized carbons (Fsp3) is 0.250. The molecule has 3 amide bonds. The quantitative estimate of drug-likeness (QED) is 0.675. The van der Waals surface area contributed by atoms with E-state index in [-0.39, 0.29) is 5.56 Å². The summed E-state index contributed by atoms with van der Waals surface area (Å²) in [5, 5.41) is 10.8. The summed E-state index contributed by atoms with van der Waals surface area (Å²) >= 11 is 0. The Labute approximate surface area is 147 Å². The topological polar surface area (TPSA) is 132 Å². The van der Waals surface area contributed by atoms with Crippen molar-refractivity contribution in [1.29, 1.82) is 0 Å². The lowest BCUT2D eigenvalue weighted by molar-refractivity contribution is -0.123. The zero-order chi connectivity index (χ0) is 18.5. The summed E-state index contributed by atoms with van der Waals surface area (Å²) in [4.78, 5) is 34.8. The molecular formula is C16H16N4O6. The molecule has 1 aromatic carbocycles. The van der Waals surface area contributed by atoms with Crippen molar-refractivity contribution in [2.45, 2.75) is 0 Å². The Morgan fingerprint density at radius 3 is 2.77 bits per heavy atom. The molecule has 0 spiro atoms. The smallest absolute Gasteiger partial charge is 0.342 e. The number of hydrogen-bond acceptors (Lipinski definition) is 7. The summed E-state index contributed by atoms with van der Waals surface area (Å²) in [5.74, 6) is -0.320. The van der Waals surface area contributed by atoms with Gasteiger partial charge in [0.05, 0.1) is 11.9 Å². The maximum atomic E-state index is 12.2. The number of amides is 3. The van der Waals surface area contributed by atoms with Gasteiger partial charge in [0.15, 0.2) is 18.1 Å². The first-order valence-corrected chi connectivity index (χ1v) is 7.70. The van der Waals surface area contributed by atoms with Crippen LogP contribution in [0.4, 0.5) is 4.79 Å². The van der Waals surface area contributed by atoms with Gasteiger partial charge in [-0.15, -0.1) is 0 Å². The van der Waals surface area contributed by atoms with Crippen molar-refractivity contribution in [2.24, 2.45) is 0 Å². The molecule has 0 unspecified atom stereocenters. The van der Waals surface area contributed by atoms with Crippen LogP contribution in [0.2, 0.25) is 0 Å². The van der Waals surface area contributed by atoms with Crippen LogP contribution in [-0.4, -0.2) is 55.0 Å². The van der Waals surface area contributed by atoms with E-state index in [1.165, 1.54) is 13.2 Å². The van der Waals surface area contributed by atoms with Crippen LogP contribution in [-0.2, 0) is 9.53 Å². The van der Waals surface area contributed by atoms with E-state index in [1.54, 1.807) is 18.2 Å². The van der Waals surface area contributed by atoms with E-state index in [4.69, 9.17) is 14.2 Å². The second-order valence-electron chi connectivity index (χ2n) is 5.22. The molecule has 1 aromatic heterocycles. The van der Waals surface area contributed by atoms with Gasteiger partial charge in [0.25, 0.3) is 5.91 Å². The molecule has 2 heterocycles. The molecule has 3 N–H and O–H groups in total. The van der Waals surface area contributed by atoms with Crippen molar-refractivity contribution < 1.29 is 28.6 Å². The standard InChI is InChI=1S/C16H16N4O6/c1-17-16(23)19-13(21)8-26-15(22)10-7-18-20-14(10)9-2-3-11-12(6-9)25-5-4-24-11/h2-3,6-7H,4-5,8H2,1H3,(H,18,20)(H2,17,19,21,23). The van der Waals surface area contributed by atoms with E-state index in [9.17, 15) is 14.4 Å². The Kier molecular flexibility index (Phi) is 5.02. The van der Waals surface area contributed by atoms with Gasteiger partial charge in [0, 0.05) is 12.6 Å². The molecule has 0 fully saturated rings. The number of imide groups is 1. The molecule has 10 nitrogen and oxygen atoms in total. The van der Waals surface area contributed by atoms with E-state index < -0.39 is 24.5 Å². The molecule has 1 aliphatic rings. The number of esters is 1. The highest BCUT2D eigenvalue weighted by Gasteiger charge is 2.20. The second kappa shape index (κ2) is 7.55. The molecule has 0 atom stereocenters. The number of carbonyl (C=O) groups excluding carboxylic acids is 3. The van der Waals surface area contributed by atoms with Gasteiger partial charge < -0.3 is 19.5 Å². The minimum atomic E-state index is -0.754. The molecule has 0 bridgehead atoms. The third kappa shape index (κ3) is 3.74. The lowest BCUT2D eigenvalue weighted by atomic mass is 10.1. The Morgan fingerprint density at radius 1 is 1.23 bits per heavy atom. The average Bonchev–Trinajstić information content (AvgIpc) is 3.15. The minimum absolute atomic E-state index is 0.148. The monoisotopic (exact) mass is 360 g/mol. The number of nitrogens with zero attached hydrogens (tertiary/aromatic N) is 1. The predicted molar refractivity (Wildman–Crippen MR) is 87.9 cm³/mol. The van der Waals surface area contributed by atoms with Crippen LogP contribution < -0.4 is 20.1 Å². The highest BCUT2D eigenvalue weighted by atomic mass is 16.6. The molecule has 136 valence electrons. The number of rotatable bonds is 4. The Balaban J connectivity index is 1.71. The first-order valence-electron chi connectivity index (χ1n) is 7.70. The van der Waals surface area contributed by atoms with Crippen molar-refractivity contribution in [3.05, 3.63) is 30.0 Å². The fourth-order valence-electron chi connectivity index (χ4n) is 2.29. The first-order chi connectivity index (χ1) is 12.6. The number of urea groups is 1. The number of carbonyl (C=O) groups is 3. The molecule has 2 aromatic rings. The molecule has 0 saturated heterocycles. The summed E-state index contributed by atoms with van der Waals surface area (Å²) in [6.07, 6.45) is 1.30. The van der Waals surface area contributed by atoms with E-state index >= 15 is 0 Å². The summed E-state index contributed by atoms with van der Waals surface area (Å²) < 4.78 is 15.9. The number of ether oxygens (including phenoxy) is 3. The van der Waals surface area contributed by atoms with E-state index in [0.717, 1.165) is 0 Å². The van der Waals surface area contributed by atoms with Crippen LogP contribution in [0, 0.1) is 0 Å². The maximum absolute atomic E-state index is 12.2. The Bertz CT molecular complexity index is 847. The van der Waals surface area contributed by atoms with Crippen LogP contribution in [0.25, 0.3) is 11.3 Å². The highest BCUT2D eigenvalue weighted by Crippen LogP contribution is 2.34. The van der Waals surface area contributed by atoms with E-state index in [1.807, 2.05) is 5.32 Å². The second-order valence-corrected chi connectivity index (χ2v) is 5.22. The average molecular weight is 360 g/mol. The zero-order valence-corrected chi connectivity index (χ0v) is 13.8. The van der Waals surface area contributed by atoms with Crippen molar-refractivity contribution >= 4 is 17.9 Å². The molecule has 10 heteroatoms. The fourth-order valence-corrected chi connectivity index (χ4v) is 2.29. The van der Waals surface area contributed by atoms with Crippen LogP contribution in [0.1, 0.15) is 10.4 Å². The molecule has 1 aliphatic heterocycles. The number of nitrogens with one attached hydrogen (secondary N) is 3. The van der Waals surface area contributed by atoms with Gasteiger partial charge in [-0.25, -0.2) is 9.59 Å². The van der Waals surface area contributed by atoms with E-state index in [2.05, 4.69) is 15.5 Å². The summed E-state index contributed by atoms with van der Waals surface area (Å²) in [5.41, 5.74) is 1.21. The normalized spacial score (nSPS) is 12.2. The minimum Gasteiger partial charge on any atom is -0.486 e. The number of aromatic amines is 1. The SMILES string of the molecule is CNC(=O)NC(=O)COC(=O)c1cn[nH]c1-c1ccc2c(c1)OCCO2. The lowest BCUT2D eigenvalue weighted by Gasteiger charge is -2.18. The van der Waals surface area contributed by atoms with Crippen LogP contribution in [0.15, 0.2) is 24.4 Å². The van der Waals surface area contributed by atoms with Gasteiger partial charge in [-0.1, -0.05) is 0 Å². The van der Waals surface area contributed by atoms with Crippen molar-refractivity contribution in [3.8, 4) is 22.8 Å². The third-order valence-corrected chi connectivity index (χ3v) is 3.50. The predicted octanol–water partition coefficient (Wildman–Crippen LogP) is 0.460. The summed E-state index contributed by atoms with van der Waals surface area (Å²) in [6.45, 7) is 0.318. The number of fused-ring (bicyclic) bond motifs is 1. The third-order valence-electron chi connectivity index (χ3n) is 3.50. The van der Waals surface area contributed by atoms with Crippen LogP contribution in [0.3, 0.4) is 0 Å². The first kappa shape index (κ1) is 17.3. The molecule has 0 saturated carbocycles. The lowest BCUT2D eigenvalue weighted by Crippen LogP contribution is -2.39. The Hall–Kier alpha value is -3.56. The van der Waals surface area contributed by atoms with Crippen molar-refractivity contribution in [3.63, 3.8) is 0 Å². The van der Waals surface area contributed by atoms with Gasteiger partial charge in [-0.2, -0.15) is 5.10 Å². The van der Waals surface area contributed by atoms with Gasteiger partial charge in [0.2, 0.25) is 0 Å². The van der Waals surface area contributed by atoms with Crippen molar-refractivity contribution in [1.82, 2.24) is 20.8 Å². The van der Waals surface area contributed by atoms with Gasteiger partial charge >= 0.3 is 12.0 Å². The molecular weight excluding hydrogens is 344 g/mol. The zero-order valence-electron chi connectivity index (χ0n) is 13.8. The molecule has 0 radical (unpaired) electrons. The molecule has 0 aliphatic carbocycles. The number of H-pyrrole nitrogens is 1. The van der Waals surface area contributed by atoms with Crippen LogP contribution >= 0.6 is 0 Å². The highest BCUT2D eigenvalue weighted by molar-refractivity contribution is 5.99. The van der Waals surface area contributed by atoms with Crippen LogP contribution in [0.5, 0.6) is 11.5 Å². The molecule has 26 heavy (non-hydrogen) atoms. The number of benzene rings is 1. The van der Waals surface area contributed by atoms with Crippen molar-refractivity contribution in [2.75, 3.05) is 26.9 Å². The molecule has 3 rings (SSSR count). The largest absolute Gasteiger partial charge is 0.486 e. The summed E-state index contributed by atoms with van der Waals surface area (Å²) in [7, 11) is 1.36. The number of aromatic nitrogens is 2. The Morgan fingerprint density at radius 2 is 2.00 bits per heavy atom. The van der Waals surface area contributed by atoms with Gasteiger partial charge in [-0.05, 0) is 18.2 Å². The maximum Gasteiger partial charge on any atom is 0.342 e.